The molecule has 29 heavy (non-hydrogen) atoms. The van der Waals surface area contributed by atoms with Gasteiger partial charge in [-0.1, -0.05) is 25.1 Å². The third kappa shape index (κ3) is 4.84. The standard InChI is InChI=1S/C20H21F2N3O2S2/c1-3-5-7-24(4-2)17(26)12-29-20-23-16-6-8-28-18(16)19(27)25(20)15-10-13(21)9-14(22)11-15/h6,8-11H,3-5,7,12H2,1-2H3. The molecule has 0 bridgehead atoms. The summed E-state index contributed by atoms with van der Waals surface area (Å²) in [5.41, 5.74) is 0.133. The fourth-order valence-corrected chi connectivity index (χ4v) is 4.59. The lowest BCUT2D eigenvalue weighted by atomic mass is 10.3. The van der Waals surface area contributed by atoms with Crippen molar-refractivity contribution in [1.82, 2.24) is 14.5 Å². The van der Waals surface area contributed by atoms with E-state index in [0.717, 1.165) is 42.8 Å². The molecule has 5 nitrogen and oxygen atoms in total. The summed E-state index contributed by atoms with van der Waals surface area (Å²) in [4.78, 5) is 31.8. The second-order valence-corrected chi connectivity index (χ2v) is 8.27. The van der Waals surface area contributed by atoms with Crippen LogP contribution in [0.1, 0.15) is 26.7 Å². The van der Waals surface area contributed by atoms with Crippen LogP contribution >= 0.6 is 23.1 Å². The Bertz CT molecular complexity index is 1060. The van der Waals surface area contributed by atoms with Gasteiger partial charge < -0.3 is 4.90 Å². The van der Waals surface area contributed by atoms with E-state index >= 15 is 0 Å². The summed E-state index contributed by atoms with van der Waals surface area (Å²) >= 11 is 2.31. The zero-order valence-electron chi connectivity index (χ0n) is 16.2. The highest BCUT2D eigenvalue weighted by molar-refractivity contribution is 7.99. The molecule has 2 aromatic heterocycles. The van der Waals surface area contributed by atoms with Gasteiger partial charge in [0.1, 0.15) is 16.3 Å². The van der Waals surface area contributed by atoms with Crippen LogP contribution in [0.15, 0.2) is 39.6 Å². The smallest absolute Gasteiger partial charge is 0.276 e. The molecule has 3 rings (SSSR count). The molecule has 0 saturated heterocycles. The van der Waals surface area contributed by atoms with Crippen LogP contribution in [0.2, 0.25) is 0 Å². The lowest BCUT2D eigenvalue weighted by Gasteiger charge is -2.20. The van der Waals surface area contributed by atoms with Crippen molar-refractivity contribution in [3.05, 3.63) is 51.6 Å². The number of fused-ring (bicyclic) bond motifs is 1. The minimum atomic E-state index is -0.790. The average molecular weight is 438 g/mol. The number of benzene rings is 1. The number of carbonyl (C=O) groups excluding carboxylic acids is 1. The molecule has 0 radical (unpaired) electrons. The number of aromatic nitrogens is 2. The number of thioether (sulfide) groups is 1. The number of halogens is 2. The number of rotatable bonds is 8. The lowest BCUT2D eigenvalue weighted by molar-refractivity contribution is -0.128. The van der Waals surface area contributed by atoms with E-state index in [-0.39, 0.29) is 22.5 Å². The Labute approximate surface area is 175 Å². The van der Waals surface area contributed by atoms with Crippen LogP contribution in [0.5, 0.6) is 0 Å². The first-order valence-electron chi connectivity index (χ1n) is 9.31. The van der Waals surface area contributed by atoms with Crippen LogP contribution in [0.3, 0.4) is 0 Å². The normalized spacial score (nSPS) is 11.2. The third-order valence-corrected chi connectivity index (χ3v) is 6.21. The Morgan fingerprint density at radius 2 is 1.97 bits per heavy atom. The van der Waals surface area contributed by atoms with Crippen molar-refractivity contribution >= 4 is 39.2 Å². The van der Waals surface area contributed by atoms with Gasteiger partial charge in [0.05, 0.1) is 17.0 Å². The highest BCUT2D eigenvalue weighted by atomic mass is 32.2. The van der Waals surface area contributed by atoms with Crippen LogP contribution < -0.4 is 5.56 Å². The topological polar surface area (TPSA) is 55.2 Å². The molecule has 0 atom stereocenters. The summed E-state index contributed by atoms with van der Waals surface area (Å²) in [6, 6.07) is 4.62. The van der Waals surface area contributed by atoms with Crippen LogP contribution in [0, 0.1) is 11.6 Å². The van der Waals surface area contributed by atoms with Gasteiger partial charge in [0.2, 0.25) is 5.91 Å². The van der Waals surface area contributed by atoms with Crippen molar-refractivity contribution in [2.45, 2.75) is 31.8 Å². The molecule has 0 unspecified atom stereocenters. The van der Waals surface area contributed by atoms with Crippen molar-refractivity contribution in [2.75, 3.05) is 18.8 Å². The quantitative estimate of drug-likeness (QED) is 0.386. The van der Waals surface area contributed by atoms with Crippen molar-refractivity contribution in [2.24, 2.45) is 0 Å². The number of hydrogen-bond donors (Lipinski definition) is 0. The summed E-state index contributed by atoms with van der Waals surface area (Å²) in [5, 5.41) is 1.96. The molecule has 1 amide bonds. The van der Waals surface area contributed by atoms with Gasteiger partial charge in [-0.05, 0) is 36.9 Å². The molecule has 9 heteroatoms. The molecule has 0 aliphatic rings. The van der Waals surface area contributed by atoms with Gasteiger partial charge in [-0.2, -0.15) is 0 Å². The van der Waals surface area contributed by atoms with Gasteiger partial charge >= 0.3 is 0 Å². The van der Waals surface area contributed by atoms with E-state index in [1.54, 1.807) is 16.3 Å². The predicted octanol–water partition coefficient (Wildman–Crippen LogP) is 4.47. The number of carbonyl (C=O) groups is 1. The zero-order valence-corrected chi connectivity index (χ0v) is 17.8. The SMILES string of the molecule is CCCCN(CC)C(=O)CSc1nc2ccsc2c(=O)n1-c1cc(F)cc(F)c1. The molecule has 0 N–H and O–H groups in total. The van der Waals surface area contributed by atoms with Gasteiger partial charge in [-0.3, -0.25) is 14.2 Å². The molecule has 0 aliphatic heterocycles. The van der Waals surface area contributed by atoms with E-state index < -0.39 is 17.2 Å². The second-order valence-electron chi connectivity index (χ2n) is 6.41. The van der Waals surface area contributed by atoms with Crippen molar-refractivity contribution in [3.8, 4) is 5.69 Å². The first kappa shape index (κ1) is 21.4. The van der Waals surface area contributed by atoms with Crippen LogP contribution in [-0.4, -0.2) is 39.2 Å². The molecule has 0 fully saturated rings. The largest absolute Gasteiger partial charge is 0.342 e. The zero-order chi connectivity index (χ0) is 21.0. The van der Waals surface area contributed by atoms with E-state index in [2.05, 4.69) is 11.9 Å². The van der Waals surface area contributed by atoms with E-state index in [9.17, 15) is 18.4 Å². The highest BCUT2D eigenvalue weighted by Crippen LogP contribution is 2.24. The molecule has 0 saturated carbocycles. The molecule has 3 aromatic rings. The Balaban J connectivity index is 1.98. The first-order chi connectivity index (χ1) is 13.9. The monoisotopic (exact) mass is 437 g/mol. The Hall–Kier alpha value is -2.26. The van der Waals surface area contributed by atoms with Gasteiger partial charge in [-0.25, -0.2) is 13.8 Å². The molecule has 2 heterocycles. The number of hydrogen-bond acceptors (Lipinski definition) is 5. The fourth-order valence-electron chi connectivity index (χ4n) is 2.91. The minimum Gasteiger partial charge on any atom is -0.342 e. The number of amides is 1. The van der Waals surface area contributed by atoms with Gasteiger partial charge in [-0.15, -0.1) is 11.3 Å². The number of thiophene rings is 1. The van der Waals surface area contributed by atoms with Gasteiger partial charge in [0.25, 0.3) is 5.56 Å². The Morgan fingerprint density at radius 3 is 2.62 bits per heavy atom. The van der Waals surface area contributed by atoms with E-state index in [4.69, 9.17) is 0 Å². The van der Waals surface area contributed by atoms with Crippen LogP contribution in [-0.2, 0) is 4.79 Å². The van der Waals surface area contributed by atoms with Crippen molar-refractivity contribution in [1.29, 1.82) is 0 Å². The van der Waals surface area contributed by atoms with Gasteiger partial charge in [0, 0.05) is 19.2 Å². The van der Waals surface area contributed by atoms with E-state index in [1.807, 2.05) is 6.92 Å². The molecular formula is C20H21F2N3O2S2. The molecule has 1 aromatic carbocycles. The second kappa shape index (κ2) is 9.49. The summed E-state index contributed by atoms with van der Waals surface area (Å²) in [7, 11) is 0. The minimum absolute atomic E-state index is 0.0450. The molecular weight excluding hydrogens is 416 g/mol. The van der Waals surface area contributed by atoms with Crippen molar-refractivity contribution < 1.29 is 13.6 Å². The van der Waals surface area contributed by atoms with E-state index in [1.165, 1.54) is 15.9 Å². The molecule has 0 spiro atoms. The molecule has 154 valence electrons. The van der Waals surface area contributed by atoms with Crippen molar-refractivity contribution in [3.63, 3.8) is 0 Å². The van der Waals surface area contributed by atoms with Crippen LogP contribution in [0.4, 0.5) is 8.78 Å². The molecule has 0 aliphatic carbocycles. The predicted molar refractivity (Wildman–Crippen MR) is 113 cm³/mol. The van der Waals surface area contributed by atoms with E-state index in [0.29, 0.717) is 23.3 Å². The maximum Gasteiger partial charge on any atom is 0.276 e. The highest BCUT2D eigenvalue weighted by Gasteiger charge is 2.18. The maximum atomic E-state index is 13.8. The summed E-state index contributed by atoms with van der Waals surface area (Å²) in [6.45, 7) is 5.24. The summed E-state index contributed by atoms with van der Waals surface area (Å²) in [6.07, 6.45) is 1.90. The Morgan fingerprint density at radius 1 is 1.24 bits per heavy atom. The van der Waals surface area contributed by atoms with Crippen LogP contribution in [0.25, 0.3) is 15.9 Å². The average Bonchev–Trinajstić information content (AvgIpc) is 3.15. The number of unbranched alkanes of at least 4 members (excludes halogenated alkanes) is 1. The third-order valence-electron chi connectivity index (χ3n) is 4.40. The summed E-state index contributed by atoms with van der Waals surface area (Å²) in [5.74, 6) is -1.57. The summed E-state index contributed by atoms with van der Waals surface area (Å²) < 4.78 is 29.1. The first-order valence-corrected chi connectivity index (χ1v) is 11.2. The Kier molecular flexibility index (Phi) is 7.02. The maximum absolute atomic E-state index is 13.8. The fraction of sp³-hybridized carbons (Fsp3) is 0.350. The lowest BCUT2D eigenvalue weighted by Crippen LogP contribution is -2.33. The van der Waals surface area contributed by atoms with Gasteiger partial charge in [0.15, 0.2) is 5.16 Å². The number of nitrogens with zero attached hydrogens (tertiary/aromatic N) is 3.